The van der Waals surface area contributed by atoms with Gasteiger partial charge in [0, 0.05) is 76.5 Å². The molecule has 1 unspecified atom stereocenters. The first-order valence-electron chi connectivity index (χ1n) is 15.9. The number of nitrogens with zero attached hydrogens (tertiary/aromatic N) is 7. The van der Waals surface area contributed by atoms with Crippen molar-refractivity contribution >= 4 is 59.3 Å². The summed E-state index contributed by atoms with van der Waals surface area (Å²) >= 11 is 3.52. The summed E-state index contributed by atoms with van der Waals surface area (Å²) in [6, 6.07) is 14.0. The highest BCUT2D eigenvalue weighted by molar-refractivity contribution is 7.22. The molecule has 7 rings (SSSR count). The Kier molecular flexibility index (Phi) is 8.05. The van der Waals surface area contributed by atoms with E-state index >= 15 is 0 Å². The number of carbonyl (C=O) groups excluding carboxylic acids is 1. The predicted molar refractivity (Wildman–Crippen MR) is 180 cm³/mol. The smallest absolute Gasteiger partial charge is 0.254 e. The summed E-state index contributed by atoms with van der Waals surface area (Å²) in [7, 11) is 0. The number of amides is 1. The molecule has 1 amide bonds. The lowest BCUT2D eigenvalue weighted by molar-refractivity contribution is 0.0736. The highest BCUT2D eigenvalue weighted by Crippen LogP contribution is 2.38. The summed E-state index contributed by atoms with van der Waals surface area (Å²) in [6.45, 7) is 18.2. The number of anilines is 2. The third kappa shape index (κ3) is 5.75. The Hall–Kier alpha value is -2.79. The molecule has 3 saturated heterocycles. The molecule has 0 radical (unpaired) electrons. The van der Waals surface area contributed by atoms with E-state index < -0.39 is 0 Å². The van der Waals surface area contributed by atoms with Crippen LogP contribution in [0.4, 0.5) is 10.3 Å². The average molecular weight is 618 g/mol. The van der Waals surface area contributed by atoms with Gasteiger partial charge in [-0.25, -0.2) is 9.97 Å². The van der Waals surface area contributed by atoms with Gasteiger partial charge in [-0.1, -0.05) is 28.7 Å². The standard InChI is InChI=1S/C33H43N7OS2/c1-22(2)36-12-16-38(17-13-36)32-34-26-20-24(7-9-29(26)42-32)28-6-5-11-40(28)31(41)25-8-10-30-27(21-25)35-33(43-30)39-18-14-37(15-19-39)23(3)4/h7-10,20-23,28H,5-6,11-19H2,1-4H3. The Bertz CT molecular complexity index is 1600. The van der Waals surface area contributed by atoms with Gasteiger partial charge >= 0.3 is 0 Å². The number of piperazine rings is 2. The minimum Gasteiger partial charge on any atom is -0.345 e. The minimum absolute atomic E-state index is 0.0792. The first-order valence-corrected chi connectivity index (χ1v) is 17.6. The lowest BCUT2D eigenvalue weighted by Crippen LogP contribution is -2.48. The van der Waals surface area contributed by atoms with Gasteiger partial charge in [0.1, 0.15) is 0 Å². The van der Waals surface area contributed by atoms with Crippen molar-refractivity contribution in [2.45, 2.75) is 58.7 Å². The monoisotopic (exact) mass is 617 g/mol. The fraction of sp³-hybridized carbons (Fsp3) is 0.545. The second-order valence-electron chi connectivity index (χ2n) is 12.8. The van der Waals surface area contributed by atoms with Crippen molar-refractivity contribution in [3.63, 3.8) is 0 Å². The van der Waals surface area contributed by atoms with Crippen LogP contribution in [-0.4, -0.2) is 102 Å². The maximum atomic E-state index is 13.9. The zero-order valence-corrected chi connectivity index (χ0v) is 27.5. The Morgan fingerprint density at radius 3 is 1.81 bits per heavy atom. The molecular weight excluding hydrogens is 575 g/mol. The van der Waals surface area contributed by atoms with Crippen molar-refractivity contribution in [1.29, 1.82) is 0 Å². The molecule has 43 heavy (non-hydrogen) atoms. The van der Waals surface area contributed by atoms with E-state index in [1.807, 2.05) is 12.1 Å². The molecule has 0 spiro atoms. The van der Waals surface area contributed by atoms with Crippen molar-refractivity contribution in [2.24, 2.45) is 0 Å². The van der Waals surface area contributed by atoms with E-state index in [1.54, 1.807) is 22.7 Å². The van der Waals surface area contributed by atoms with E-state index in [1.165, 1.54) is 10.3 Å². The summed E-state index contributed by atoms with van der Waals surface area (Å²) in [5, 5.41) is 2.19. The van der Waals surface area contributed by atoms with Gasteiger partial charge in [-0.3, -0.25) is 14.6 Å². The number of thiazole rings is 2. The molecule has 2 aromatic heterocycles. The largest absolute Gasteiger partial charge is 0.345 e. The molecule has 1 atom stereocenters. The van der Waals surface area contributed by atoms with Crippen LogP contribution in [0.15, 0.2) is 36.4 Å². The summed E-state index contributed by atoms with van der Waals surface area (Å²) in [5.41, 5.74) is 3.91. The number of benzene rings is 2. The molecular formula is C33H43N7OS2. The van der Waals surface area contributed by atoms with Crippen LogP contribution in [0.1, 0.15) is 62.5 Å². The van der Waals surface area contributed by atoms with Gasteiger partial charge in [0.15, 0.2) is 10.3 Å². The van der Waals surface area contributed by atoms with Crippen molar-refractivity contribution in [1.82, 2.24) is 24.7 Å². The van der Waals surface area contributed by atoms with Crippen molar-refractivity contribution in [2.75, 3.05) is 68.7 Å². The molecule has 0 N–H and O–H groups in total. The molecule has 3 aliphatic rings. The van der Waals surface area contributed by atoms with Crippen LogP contribution < -0.4 is 9.80 Å². The number of aromatic nitrogens is 2. The van der Waals surface area contributed by atoms with Gasteiger partial charge < -0.3 is 14.7 Å². The van der Waals surface area contributed by atoms with Crippen LogP contribution >= 0.6 is 22.7 Å². The van der Waals surface area contributed by atoms with Crippen LogP contribution in [-0.2, 0) is 0 Å². The molecule has 4 aromatic rings. The number of likely N-dealkylation sites (tertiary alicyclic amines) is 1. The second-order valence-corrected chi connectivity index (χ2v) is 14.8. The van der Waals surface area contributed by atoms with E-state index in [4.69, 9.17) is 9.97 Å². The van der Waals surface area contributed by atoms with Crippen molar-refractivity contribution in [3.8, 4) is 0 Å². The maximum Gasteiger partial charge on any atom is 0.254 e. The third-order valence-corrected chi connectivity index (χ3v) is 11.7. The number of carbonyl (C=O) groups is 1. The Morgan fingerprint density at radius 2 is 1.26 bits per heavy atom. The van der Waals surface area contributed by atoms with E-state index in [9.17, 15) is 4.79 Å². The summed E-state index contributed by atoms with van der Waals surface area (Å²) < 4.78 is 2.36. The van der Waals surface area contributed by atoms with Gasteiger partial charge in [-0.15, -0.1) is 0 Å². The number of fused-ring (bicyclic) bond motifs is 2. The lowest BCUT2D eigenvalue weighted by Gasteiger charge is -2.36. The molecule has 8 nitrogen and oxygen atoms in total. The zero-order chi connectivity index (χ0) is 29.7. The summed E-state index contributed by atoms with van der Waals surface area (Å²) in [6.07, 6.45) is 2.00. The van der Waals surface area contributed by atoms with Gasteiger partial charge in [-0.05, 0) is 76.4 Å². The topological polar surface area (TPSA) is 59.1 Å². The van der Waals surface area contributed by atoms with E-state index in [0.717, 1.165) is 103 Å². The SMILES string of the molecule is CC(C)N1CCN(c2nc3cc(C(=O)N4CCCC4c4ccc5sc(N6CCN(C(C)C)CC6)nc5c4)ccc3s2)CC1. The first kappa shape index (κ1) is 29.0. The fourth-order valence-electron chi connectivity index (χ4n) is 6.84. The van der Waals surface area contributed by atoms with Gasteiger partial charge in [-0.2, -0.15) is 0 Å². The lowest BCUT2D eigenvalue weighted by atomic mass is 10.0. The average Bonchev–Trinajstić information content (AvgIpc) is 3.78. The number of hydrogen-bond donors (Lipinski definition) is 0. The van der Waals surface area contributed by atoms with E-state index in [-0.39, 0.29) is 11.9 Å². The van der Waals surface area contributed by atoms with Gasteiger partial charge in [0.2, 0.25) is 0 Å². The fourth-order valence-corrected chi connectivity index (χ4v) is 8.83. The summed E-state index contributed by atoms with van der Waals surface area (Å²) in [4.78, 5) is 35.9. The van der Waals surface area contributed by atoms with Gasteiger partial charge in [0.25, 0.3) is 5.91 Å². The number of rotatable bonds is 6. The molecule has 0 aliphatic carbocycles. The zero-order valence-electron chi connectivity index (χ0n) is 25.8. The Morgan fingerprint density at radius 1 is 0.721 bits per heavy atom. The predicted octanol–water partition coefficient (Wildman–Crippen LogP) is 5.94. The van der Waals surface area contributed by atoms with E-state index in [0.29, 0.717) is 12.1 Å². The third-order valence-electron chi connectivity index (χ3n) is 9.55. The molecule has 5 heterocycles. The Balaban J connectivity index is 1.06. The van der Waals surface area contributed by atoms with Crippen LogP contribution in [0.5, 0.6) is 0 Å². The Labute approximate surface area is 262 Å². The minimum atomic E-state index is 0.0792. The molecule has 228 valence electrons. The molecule has 10 heteroatoms. The molecule has 2 aromatic carbocycles. The van der Waals surface area contributed by atoms with Crippen LogP contribution in [0.25, 0.3) is 20.4 Å². The highest BCUT2D eigenvalue weighted by Gasteiger charge is 2.32. The maximum absolute atomic E-state index is 13.9. The highest BCUT2D eigenvalue weighted by atomic mass is 32.1. The van der Waals surface area contributed by atoms with Crippen molar-refractivity contribution in [3.05, 3.63) is 47.5 Å². The molecule has 3 fully saturated rings. The molecule has 0 bridgehead atoms. The van der Waals surface area contributed by atoms with Gasteiger partial charge in [0.05, 0.1) is 26.5 Å². The normalized spacial score (nSPS) is 20.9. The van der Waals surface area contributed by atoms with Crippen LogP contribution in [0.3, 0.4) is 0 Å². The molecule has 3 aliphatic heterocycles. The first-order chi connectivity index (χ1) is 20.8. The second kappa shape index (κ2) is 12.0. The van der Waals surface area contributed by atoms with E-state index in [2.05, 4.69) is 76.5 Å². The summed E-state index contributed by atoms with van der Waals surface area (Å²) in [5.74, 6) is 0.103. The quantitative estimate of drug-likeness (QED) is 0.265. The van der Waals surface area contributed by atoms with Crippen LogP contribution in [0.2, 0.25) is 0 Å². The van der Waals surface area contributed by atoms with Crippen molar-refractivity contribution < 1.29 is 4.79 Å². The number of hydrogen-bond acceptors (Lipinski definition) is 9. The molecule has 0 saturated carbocycles. The van der Waals surface area contributed by atoms with Crippen LogP contribution in [0, 0.1) is 0 Å².